The van der Waals surface area contributed by atoms with Gasteiger partial charge in [0.1, 0.15) is 5.67 Å². The van der Waals surface area contributed by atoms with Crippen molar-refractivity contribution in [3.63, 3.8) is 0 Å². The van der Waals surface area contributed by atoms with E-state index in [9.17, 15) is 4.39 Å². The minimum absolute atomic E-state index is 0.441. The second-order valence-corrected chi connectivity index (χ2v) is 2.80. The summed E-state index contributed by atoms with van der Waals surface area (Å²) in [5.41, 5.74) is 4.24. The molecule has 0 aromatic rings. The SMILES string of the molecule is NCCC1(F)CCOCC1. The number of ether oxygens (including phenoxy) is 1. The lowest BCUT2D eigenvalue weighted by Gasteiger charge is -2.28. The Morgan fingerprint density at radius 1 is 1.40 bits per heavy atom. The number of hydrogen-bond donors (Lipinski definition) is 1. The lowest BCUT2D eigenvalue weighted by Crippen LogP contribution is -2.33. The van der Waals surface area contributed by atoms with Gasteiger partial charge in [0, 0.05) is 26.1 Å². The fourth-order valence-electron chi connectivity index (χ4n) is 1.25. The van der Waals surface area contributed by atoms with E-state index in [1.807, 2.05) is 0 Å². The summed E-state index contributed by atoms with van der Waals surface area (Å²) in [6, 6.07) is 0. The standard InChI is InChI=1S/C7H14FNO/c8-7(1-4-9)2-5-10-6-3-7/h1-6,9H2. The molecule has 0 aromatic carbocycles. The summed E-state index contributed by atoms with van der Waals surface area (Å²) < 4.78 is 18.4. The Hall–Kier alpha value is -0.150. The van der Waals surface area contributed by atoms with Crippen LogP contribution >= 0.6 is 0 Å². The molecule has 0 aliphatic carbocycles. The molecule has 2 N–H and O–H groups in total. The van der Waals surface area contributed by atoms with E-state index in [1.165, 1.54) is 0 Å². The van der Waals surface area contributed by atoms with Crippen molar-refractivity contribution in [2.45, 2.75) is 24.9 Å². The molecular formula is C7H14FNO. The quantitative estimate of drug-likeness (QED) is 0.628. The summed E-state index contributed by atoms with van der Waals surface area (Å²) in [5, 5.41) is 0. The first-order valence-electron chi connectivity index (χ1n) is 3.74. The highest BCUT2D eigenvalue weighted by Gasteiger charge is 2.30. The molecular weight excluding hydrogens is 133 g/mol. The summed E-state index contributed by atoms with van der Waals surface area (Å²) in [6.07, 6.45) is 1.52. The van der Waals surface area contributed by atoms with Crippen molar-refractivity contribution in [3.8, 4) is 0 Å². The van der Waals surface area contributed by atoms with Gasteiger partial charge in [0.15, 0.2) is 0 Å². The van der Waals surface area contributed by atoms with Crippen molar-refractivity contribution >= 4 is 0 Å². The molecule has 1 saturated heterocycles. The highest BCUT2D eigenvalue weighted by molar-refractivity contribution is 4.81. The van der Waals surface area contributed by atoms with Crippen molar-refractivity contribution < 1.29 is 9.13 Å². The van der Waals surface area contributed by atoms with Gasteiger partial charge >= 0.3 is 0 Å². The van der Waals surface area contributed by atoms with Crippen LogP contribution in [0.4, 0.5) is 4.39 Å². The zero-order chi connectivity index (χ0) is 7.45. The van der Waals surface area contributed by atoms with E-state index in [0.717, 1.165) is 0 Å². The number of alkyl halides is 1. The largest absolute Gasteiger partial charge is 0.381 e. The Bertz CT molecular complexity index is 96.3. The Labute approximate surface area is 60.5 Å². The van der Waals surface area contributed by atoms with Gasteiger partial charge in [-0.05, 0) is 13.0 Å². The lowest BCUT2D eigenvalue weighted by molar-refractivity contribution is -0.0116. The summed E-state index contributed by atoms with van der Waals surface area (Å²) in [5.74, 6) is 0. The van der Waals surface area contributed by atoms with E-state index in [0.29, 0.717) is 39.0 Å². The zero-order valence-electron chi connectivity index (χ0n) is 6.11. The molecule has 3 heteroatoms. The van der Waals surface area contributed by atoms with Crippen LogP contribution in [0.2, 0.25) is 0 Å². The first-order valence-corrected chi connectivity index (χ1v) is 3.74. The van der Waals surface area contributed by atoms with E-state index >= 15 is 0 Å². The normalized spacial score (nSPS) is 24.6. The summed E-state index contributed by atoms with van der Waals surface area (Å²) in [7, 11) is 0. The predicted octanol–water partition coefficient (Wildman–Crippen LogP) is 0.854. The van der Waals surface area contributed by atoms with Gasteiger partial charge in [-0.25, -0.2) is 4.39 Å². The summed E-state index contributed by atoms with van der Waals surface area (Å²) in [6.45, 7) is 1.55. The van der Waals surface area contributed by atoms with Gasteiger partial charge in [0.05, 0.1) is 0 Å². The van der Waals surface area contributed by atoms with Crippen molar-refractivity contribution in [2.24, 2.45) is 5.73 Å². The first-order chi connectivity index (χ1) is 4.77. The van der Waals surface area contributed by atoms with Crippen LogP contribution in [0, 0.1) is 0 Å². The van der Waals surface area contributed by atoms with E-state index in [1.54, 1.807) is 0 Å². The highest BCUT2D eigenvalue weighted by atomic mass is 19.1. The summed E-state index contributed by atoms with van der Waals surface area (Å²) in [4.78, 5) is 0. The van der Waals surface area contributed by atoms with Crippen LogP contribution in [-0.2, 0) is 4.74 Å². The van der Waals surface area contributed by atoms with Crippen LogP contribution in [-0.4, -0.2) is 25.4 Å². The molecule has 0 radical (unpaired) electrons. The Morgan fingerprint density at radius 2 is 2.00 bits per heavy atom. The Balaban J connectivity index is 2.32. The molecule has 60 valence electrons. The number of halogens is 1. The second kappa shape index (κ2) is 3.30. The predicted molar refractivity (Wildman–Crippen MR) is 37.6 cm³/mol. The molecule has 1 heterocycles. The molecule has 0 amide bonds. The Kier molecular flexibility index (Phi) is 2.63. The van der Waals surface area contributed by atoms with Crippen molar-refractivity contribution in [1.82, 2.24) is 0 Å². The molecule has 2 nitrogen and oxygen atoms in total. The minimum Gasteiger partial charge on any atom is -0.381 e. The third kappa shape index (κ3) is 1.92. The van der Waals surface area contributed by atoms with E-state index in [-0.39, 0.29) is 0 Å². The molecule has 1 rings (SSSR count). The average Bonchev–Trinajstić information content (AvgIpc) is 1.89. The fourth-order valence-corrected chi connectivity index (χ4v) is 1.25. The molecule has 0 atom stereocenters. The van der Waals surface area contributed by atoms with Crippen LogP contribution in [0.15, 0.2) is 0 Å². The molecule has 0 saturated carbocycles. The van der Waals surface area contributed by atoms with Gasteiger partial charge in [-0.2, -0.15) is 0 Å². The van der Waals surface area contributed by atoms with Crippen LogP contribution in [0.1, 0.15) is 19.3 Å². The van der Waals surface area contributed by atoms with E-state index < -0.39 is 5.67 Å². The molecule has 0 unspecified atom stereocenters. The van der Waals surface area contributed by atoms with Gasteiger partial charge in [-0.15, -0.1) is 0 Å². The van der Waals surface area contributed by atoms with Gasteiger partial charge in [0.25, 0.3) is 0 Å². The molecule has 1 aliphatic heterocycles. The average molecular weight is 147 g/mol. The Morgan fingerprint density at radius 3 is 2.50 bits per heavy atom. The first kappa shape index (κ1) is 7.95. The topological polar surface area (TPSA) is 35.2 Å². The molecule has 10 heavy (non-hydrogen) atoms. The van der Waals surface area contributed by atoms with Crippen LogP contribution in [0.3, 0.4) is 0 Å². The molecule has 0 aromatic heterocycles. The van der Waals surface area contributed by atoms with Crippen molar-refractivity contribution in [2.75, 3.05) is 19.8 Å². The van der Waals surface area contributed by atoms with E-state index in [2.05, 4.69) is 0 Å². The number of hydrogen-bond acceptors (Lipinski definition) is 2. The second-order valence-electron chi connectivity index (χ2n) is 2.80. The van der Waals surface area contributed by atoms with Gasteiger partial charge < -0.3 is 10.5 Å². The molecule has 0 spiro atoms. The smallest absolute Gasteiger partial charge is 0.116 e. The van der Waals surface area contributed by atoms with Crippen molar-refractivity contribution in [3.05, 3.63) is 0 Å². The molecule has 1 aliphatic rings. The maximum absolute atomic E-state index is 13.4. The minimum atomic E-state index is -1.02. The summed E-state index contributed by atoms with van der Waals surface area (Å²) >= 11 is 0. The third-order valence-electron chi connectivity index (χ3n) is 1.98. The van der Waals surface area contributed by atoms with Gasteiger partial charge in [0.2, 0.25) is 0 Å². The van der Waals surface area contributed by atoms with Gasteiger partial charge in [-0.3, -0.25) is 0 Å². The molecule has 1 fully saturated rings. The van der Waals surface area contributed by atoms with E-state index in [4.69, 9.17) is 10.5 Å². The fraction of sp³-hybridized carbons (Fsp3) is 1.00. The monoisotopic (exact) mass is 147 g/mol. The maximum atomic E-state index is 13.4. The maximum Gasteiger partial charge on any atom is 0.116 e. The molecule has 0 bridgehead atoms. The lowest BCUT2D eigenvalue weighted by atomic mass is 9.93. The number of nitrogens with two attached hydrogens (primary N) is 1. The number of rotatable bonds is 2. The van der Waals surface area contributed by atoms with Crippen molar-refractivity contribution in [1.29, 1.82) is 0 Å². The van der Waals surface area contributed by atoms with Crippen LogP contribution in [0.25, 0.3) is 0 Å². The highest BCUT2D eigenvalue weighted by Crippen LogP contribution is 2.27. The van der Waals surface area contributed by atoms with Crippen LogP contribution < -0.4 is 5.73 Å². The van der Waals surface area contributed by atoms with Crippen LogP contribution in [0.5, 0.6) is 0 Å². The zero-order valence-corrected chi connectivity index (χ0v) is 6.11. The van der Waals surface area contributed by atoms with Gasteiger partial charge in [-0.1, -0.05) is 0 Å². The third-order valence-corrected chi connectivity index (χ3v) is 1.98.